The average Bonchev–Trinajstić information content (AvgIpc) is 2.53. The van der Waals surface area contributed by atoms with Crippen molar-refractivity contribution in [2.75, 3.05) is 0 Å². The van der Waals surface area contributed by atoms with Crippen LogP contribution in [0.15, 0.2) is 36.4 Å². The topological polar surface area (TPSA) is 110 Å². The molecule has 0 bridgehead atoms. The van der Waals surface area contributed by atoms with E-state index in [4.69, 9.17) is 9.29 Å². The summed E-state index contributed by atoms with van der Waals surface area (Å²) in [6.07, 6.45) is 0. The summed E-state index contributed by atoms with van der Waals surface area (Å²) in [6.45, 7) is 1.68. The summed E-state index contributed by atoms with van der Waals surface area (Å²) in [4.78, 5) is 11.2. The van der Waals surface area contributed by atoms with Crippen LogP contribution in [0.3, 0.4) is 0 Å². The molecule has 0 spiro atoms. The zero-order valence-corrected chi connectivity index (χ0v) is 15.9. The second-order valence-electron chi connectivity index (χ2n) is 5.03. The molecule has 0 heterocycles. The van der Waals surface area contributed by atoms with Crippen LogP contribution in [-0.2, 0) is 14.9 Å². The summed E-state index contributed by atoms with van der Waals surface area (Å²) in [5.74, 6) is -2.00. The number of rotatable bonds is 5. The highest BCUT2D eigenvalue weighted by molar-refractivity contribution is 14.1. The second kappa shape index (κ2) is 7.32. The Labute approximate surface area is 160 Å². The lowest BCUT2D eigenvalue weighted by atomic mass is 10.2. The van der Waals surface area contributed by atoms with Gasteiger partial charge in [0.2, 0.25) is 0 Å². The van der Waals surface area contributed by atoms with Gasteiger partial charge in [-0.2, -0.15) is 17.2 Å². The van der Waals surface area contributed by atoms with E-state index in [1.807, 2.05) is 22.6 Å². The average molecular weight is 500 g/mol. The molecule has 11 heteroatoms. The number of aryl methyl sites for hydroxylation is 1. The van der Waals surface area contributed by atoms with E-state index in [9.17, 15) is 27.1 Å². The van der Waals surface area contributed by atoms with Gasteiger partial charge in [0.1, 0.15) is 23.0 Å². The van der Waals surface area contributed by atoms with Crippen molar-refractivity contribution in [1.29, 1.82) is 0 Å². The standard InChI is InChI=1S/C15H11F2IO7S/c1-8-6-11(7-12(18)13(8)19)24-9-2-4-10(5-3-9)25-14(20)15(16,17)26(21,22)23/h2-7,19H,1H3,(H,21,22,23). The fraction of sp³-hybridized carbons (Fsp3) is 0.133. The Balaban J connectivity index is 2.13. The Bertz CT molecular complexity index is 920. The number of halogens is 3. The molecule has 2 N–H and O–H groups in total. The summed E-state index contributed by atoms with van der Waals surface area (Å²) in [5.41, 5.74) is 0.588. The van der Waals surface area contributed by atoms with Crippen LogP contribution in [0.4, 0.5) is 8.78 Å². The third-order valence-corrected chi connectivity index (χ3v) is 4.70. The molecule has 26 heavy (non-hydrogen) atoms. The Hall–Kier alpha value is -1.99. The van der Waals surface area contributed by atoms with Gasteiger partial charge in [-0.3, -0.25) is 4.55 Å². The summed E-state index contributed by atoms with van der Waals surface area (Å²) in [5, 5.41) is 4.63. The number of carbonyl (C=O) groups excluding carboxylic acids is 1. The van der Waals surface area contributed by atoms with Crippen molar-refractivity contribution in [2.45, 2.75) is 12.2 Å². The van der Waals surface area contributed by atoms with E-state index in [1.54, 1.807) is 19.1 Å². The van der Waals surface area contributed by atoms with Gasteiger partial charge in [0, 0.05) is 0 Å². The number of alkyl halides is 2. The number of hydrogen-bond donors (Lipinski definition) is 2. The van der Waals surface area contributed by atoms with Crippen LogP contribution < -0.4 is 9.47 Å². The first-order chi connectivity index (χ1) is 11.9. The summed E-state index contributed by atoms with van der Waals surface area (Å²) >= 11 is 1.92. The quantitative estimate of drug-likeness (QED) is 0.280. The maximum Gasteiger partial charge on any atom is 0.466 e. The summed E-state index contributed by atoms with van der Waals surface area (Å²) in [7, 11) is -5.94. The van der Waals surface area contributed by atoms with Crippen molar-refractivity contribution < 1.29 is 41.1 Å². The molecule has 0 amide bonds. The predicted octanol–water partition coefficient (Wildman–Crippen LogP) is 3.48. The minimum atomic E-state index is -5.94. The molecule has 2 aromatic carbocycles. The zero-order chi connectivity index (χ0) is 19.7. The highest BCUT2D eigenvalue weighted by Gasteiger charge is 2.54. The summed E-state index contributed by atoms with van der Waals surface area (Å²) < 4.78 is 65.9. The maximum atomic E-state index is 13.1. The van der Waals surface area contributed by atoms with Crippen LogP contribution in [0.1, 0.15) is 5.56 Å². The number of ether oxygens (including phenoxy) is 2. The highest BCUT2D eigenvalue weighted by atomic mass is 127. The van der Waals surface area contributed by atoms with Crippen LogP contribution in [0.5, 0.6) is 23.0 Å². The molecule has 0 unspecified atom stereocenters. The maximum absolute atomic E-state index is 13.1. The largest absolute Gasteiger partial charge is 0.507 e. The Morgan fingerprint density at radius 2 is 1.65 bits per heavy atom. The smallest absolute Gasteiger partial charge is 0.466 e. The lowest BCUT2D eigenvalue weighted by Crippen LogP contribution is -2.40. The van der Waals surface area contributed by atoms with E-state index >= 15 is 0 Å². The number of aromatic hydroxyl groups is 1. The van der Waals surface area contributed by atoms with Crippen LogP contribution in [0.25, 0.3) is 0 Å². The number of esters is 1. The van der Waals surface area contributed by atoms with Gasteiger partial charge in [0.05, 0.1) is 3.57 Å². The Morgan fingerprint density at radius 3 is 2.15 bits per heavy atom. The number of hydrogen-bond acceptors (Lipinski definition) is 6. The first kappa shape index (κ1) is 20.3. The van der Waals surface area contributed by atoms with E-state index in [2.05, 4.69) is 4.74 Å². The molecule has 0 saturated carbocycles. The van der Waals surface area contributed by atoms with Crippen molar-refractivity contribution in [1.82, 2.24) is 0 Å². The molecule has 2 rings (SSSR count). The molecule has 0 aliphatic carbocycles. The van der Waals surface area contributed by atoms with Crippen molar-refractivity contribution >= 4 is 38.7 Å². The molecule has 0 radical (unpaired) electrons. The van der Waals surface area contributed by atoms with Crippen molar-refractivity contribution in [3.05, 3.63) is 45.5 Å². The number of benzene rings is 2. The second-order valence-corrected chi connectivity index (χ2v) is 7.65. The number of carbonyl (C=O) groups is 1. The zero-order valence-electron chi connectivity index (χ0n) is 12.9. The lowest BCUT2D eigenvalue weighted by molar-refractivity contribution is -0.151. The minimum Gasteiger partial charge on any atom is -0.507 e. The van der Waals surface area contributed by atoms with Gasteiger partial charge in [-0.05, 0) is 71.5 Å². The molecule has 0 atom stereocenters. The first-order valence-electron chi connectivity index (χ1n) is 6.76. The molecular formula is C15H11F2IO7S. The molecule has 7 nitrogen and oxygen atoms in total. The van der Waals surface area contributed by atoms with Gasteiger partial charge in [0.15, 0.2) is 0 Å². The Kier molecular flexibility index (Phi) is 5.73. The SMILES string of the molecule is Cc1cc(Oc2ccc(OC(=O)C(F)(F)S(=O)(=O)O)cc2)cc(I)c1O. The monoisotopic (exact) mass is 500 g/mol. The molecule has 0 saturated heterocycles. The fourth-order valence-electron chi connectivity index (χ4n) is 1.75. The molecule has 0 aliphatic heterocycles. The summed E-state index contributed by atoms with van der Waals surface area (Å²) in [6, 6.07) is 7.95. The van der Waals surface area contributed by atoms with Gasteiger partial charge in [0.25, 0.3) is 0 Å². The van der Waals surface area contributed by atoms with Crippen molar-refractivity contribution in [2.24, 2.45) is 0 Å². The number of phenolic OH excluding ortho intramolecular Hbond substituents is 1. The van der Waals surface area contributed by atoms with Crippen molar-refractivity contribution in [3.63, 3.8) is 0 Å². The van der Waals surface area contributed by atoms with E-state index < -0.39 is 21.3 Å². The van der Waals surface area contributed by atoms with Gasteiger partial charge in [-0.1, -0.05) is 0 Å². The van der Waals surface area contributed by atoms with E-state index in [-0.39, 0.29) is 17.2 Å². The molecule has 0 aliphatic rings. The van der Waals surface area contributed by atoms with Gasteiger partial charge >= 0.3 is 21.3 Å². The third-order valence-electron chi connectivity index (χ3n) is 3.06. The van der Waals surface area contributed by atoms with Crippen LogP contribution in [0, 0.1) is 10.5 Å². The van der Waals surface area contributed by atoms with Crippen molar-refractivity contribution in [3.8, 4) is 23.0 Å². The minimum absolute atomic E-state index is 0.125. The predicted molar refractivity (Wildman–Crippen MR) is 94.2 cm³/mol. The third kappa shape index (κ3) is 4.40. The van der Waals surface area contributed by atoms with Gasteiger partial charge < -0.3 is 14.6 Å². The molecule has 140 valence electrons. The highest BCUT2D eigenvalue weighted by Crippen LogP contribution is 2.32. The van der Waals surface area contributed by atoms with E-state index in [0.29, 0.717) is 14.9 Å². The molecule has 0 fully saturated rings. The molecule has 2 aromatic rings. The fourth-order valence-corrected chi connectivity index (χ4v) is 2.73. The molecular weight excluding hydrogens is 489 g/mol. The lowest BCUT2D eigenvalue weighted by Gasteiger charge is -2.12. The van der Waals surface area contributed by atoms with Crippen LogP contribution in [-0.4, -0.2) is 29.3 Å². The first-order valence-corrected chi connectivity index (χ1v) is 9.28. The normalized spacial score (nSPS) is 11.9. The molecule has 0 aromatic heterocycles. The Morgan fingerprint density at radius 1 is 1.12 bits per heavy atom. The van der Waals surface area contributed by atoms with Gasteiger partial charge in [-0.15, -0.1) is 0 Å². The van der Waals surface area contributed by atoms with Crippen LogP contribution >= 0.6 is 22.6 Å². The van der Waals surface area contributed by atoms with E-state index in [0.717, 1.165) is 12.1 Å². The van der Waals surface area contributed by atoms with Gasteiger partial charge in [-0.25, -0.2) is 4.79 Å². The number of phenols is 1. The van der Waals surface area contributed by atoms with E-state index in [1.165, 1.54) is 12.1 Å². The van der Waals surface area contributed by atoms with Crippen LogP contribution in [0.2, 0.25) is 0 Å².